The molecule has 4 nitrogen and oxygen atoms in total. The van der Waals surface area contributed by atoms with Crippen molar-refractivity contribution in [3.63, 3.8) is 0 Å². The summed E-state index contributed by atoms with van der Waals surface area (Å²) in [6.07, 6.45) is 0.870. The summed E-state index contributed by atoms with van der Waals surface area (Å²) in [7, 11) is 0. The summed E-state index contributed by atoms with van der Waals surface area (Å²) in [4.78, 5) is 12.0. The lowest BCUT2D eigenvalue weighted by Gasteiger charge is -2.27. The Morgan fingerprint density at radius 1 is 1.60 bits per heavy atom. The van der Waals surface area contributed by atoms with Crippen molar-refractivity contribution in [2.24, 2.45) is 11.3 Å². The van der Waals surface area contributed by atoms with E-state index < -0.39 is 0 Å². The fourth-order valence-corrected chi connectivity index (χ4v) is 1.78. The van der Waals surface area contributed by atoms with Crippen LogP contribution in [0.25, 0.3) is 0 Å². The zero-order valence-corrected chi connectivity index (χ0v) is 9.84. The molecule has 0 aromatic rings. The minimum absolute atomic E-state index is 0.00686. The topological polar surface area (TPSA) is 61.4 Å². The first-order valence-corrected chi connectivity index (χ1v) is 5.62. The Labute approximate surface area is 91.4 Å². The van der Waals surface area contributed by atoms with Crippen molar-refractivity contribution in [1.82, 2.24) is 10.6 Å². The number of hydrogen-bond acceptors (Lipinski definition) is 3. The Hall–Kier alpha value is -0.610. The van der Waals surface area contributed by atoms with E-state index in [-0.39, 0.29) is 29.9 Å². The van der Waals surface area contributed by atoms with Gasteiger partial charge in [0, 0.05) is 6.54 Å². The monoisotopic (exact) mass is 214 g/mol. The van der Waals surface area contributed by atoms with Crippen molar-refractivity contribution in [1.29, 1.82) is 0 Å². The lowest BCUT2D eigenvalue weighted by molar-refractivity contribution is -0.130. The van der Waals surface area contributed by atoms with E-state index in [0.717, 1.165) is 19.5 Å². The third kappa shape index (κ3) is 2.92. The second kappa shape index (κ2) is 4.94. The van der Waals surface area contributed by atoms with Crippen molar-refractivity contribution in [2.75, 3.05) is 19.7 Å². The van der Waals surface area contributed by atoms with Crippen LogP contribution in [0.1, 0.15) is 27.2 Å². The molecule has 15 heavy (non-hydrogen) atoms. The van der Waals surface area contributed by atoms with Gasteiger partial charge in [0.25, 0.3) is 0 Å². The Balaban J connectivity index is 2.53. The molecule has 2 atom stereocenters. The summed E-state index contributed by atoms with van der Waals surface area (Å²) in [5, 5.41) is 15.3. The van der Waals surface area contributed by atoms with Gasteiger partial charge in [-0.05, 0) is 25.8 Å². The molecule has 1 rings (SSSR count). The van der Waals surface area contributed by atoms with Gasteiger partial charge in [0.2, 0.25) is 5.91 Å². The summed E-state index contributed by atoms with van der Waals surface area (Å²) in [5.74, 6) is 0.317. The first-order valence-electron chi connectivity index (χ1n) is 5.62. The molecule has 0 bridgehead atoms. The van der Waals surface area contributed by atoms with Gasteiger partial charge in [-0.15, -0.1) is 0 Å². The average molecular weight is 214 g/mol. The van der Waals surface area contributed by atoms with E-state index in [9.17, 15) is 4.79 Å². The summed E-state index contributed by atoms with van der Waals surface area (Å²) in [5.41, 5.74) is -0.303. The standard InChI is InChI=1S/C11H22N2O2/c1-8(2)9(6-14)13-10(15)11(3)4-5-12-7-11/h8-9,12,14H,4-7H2,1-3H3,(H,13,15). The SMILES string of the molecule is CC(C)C(CO)NC(=O)C1(C)CCNC1. The maximum absolute atomic E-state index is 12.0. The van der Waals surface area contributed by atoms with Gasteiger partial charge in [-0.1, -0.05) is 13.8 Å². The molecule has 0 aromatic heterocycles. The van der Waals surface area contributed by atoms with Crippen molar-refractivity contribution in [3.8, 4) is 0 Å². The zero-order chi connectivity index (χ0) is 11.5. The van der Waals surface area contributed by atoms with Crippen LogP contribution in [-0.4, -0.2) is 36.8 Å². The van der Waals surface area contributed by atoms with E-state index >= 15 is 0 Å². The molecule has 4 heteroatoms. The lowest BCUT2D eigenvalue weighted by atomic mass is 9.88. The molecule has 0 aliphatic carbocycles. The number of carbonyl (C=O) groups is 1. The fourth-order valence-electron chi connectivity index (χ4n) is 1.78. The molecule has 0 saturated carbocycles. The largest absolute Gasteiger partial charge is 0.394 e. The molecule has 1 fully saturated rings. The van der Waals surface area contributed by atoms with Gasteiger partial charge < -0.3 is 15.7 Å². The highest BCUT2D eigenvalue weighted by Gasteiger charge is 2.37. The Kier molecular flexibility index (Phi) is 4.11. The maximum Gasteiger partial charge on any atom is 0.227 e. The number of rotatable bonds is 4. The van der Waals surface area contributed by atoms with Crippen molar-refractivity contribution >= 4 is 5.91 Å². The highest BCUT2D eigenvalue weighted by Crippen LogP contribution is 2.24. The number of aliphatic hydroxyl groups excluding tert-OH is 1. The summed E-state index contributed by atoms with van der Waals surface area (Å²) < 4.78 is 0. The van der Waals surface area contributed by atoms with Gasteiger partial charge in [0.05, 0.1) is 18.1 Å². The first-order chi connectivity index (χ1) is 6.99. The van der Waals surface area contributed by atoms with E-state index in [2.05, 4.69) is 10.6 Å². The molecular formula is C11H22N2O2. The van der Waals surface area contributed by atoms with Gasteiger partial charge in [0.1, 0.15) is 0 Å². The molecule has 0 radical (unpaired) electrons. The second-order valence-electron chi connectivity index (χ2n) is 4.99. The number of amides is 1. The number of aliphatic hydroxyl groups is 1. The van der Waals surface area contributed by atoms with Crippen LogP contribution in [0.3, 0.4) is 0 Å². The minimum Gasteiger partial charge on any atom is -0.394 e. The van der Waals surface area contributed by atoms with E-state index in [0.29, 0.717) is 0 Å². The van der Waals surface area contributed by atoms with Crippen molar-refractivity contribution in [3.05, 3.63) is 0 Å². The third-order valence-corrected chi connectivity index (χ3v) is 3.23. The maximum atomic E-state index is 12.0. The normalized spacial score (nSPS) is 28.1. The van der Waals surface area contributed by atoms with Crippen LogP contribution in [0, 0.1) is 11.3 Å². The third-order valence-electron chi connectivity index (χ3n) is 3.23. The van der Waals surface area contributed by atoms with Crippen molar-refractivity contribution in [2.45, 2.75) is 33.2 Å². The fraction of sp³-hybridized carbons (Fsp3) is 0.909. The van der Waals surface area contributed by atoms with Crippen LogP contribution in [0.5, 0.6) is 0 Å². The van der Waals surface area contributed by atoms with Gasteiger partial charge in [-0.2, -0.15) is 0 Å². The molecule has 1 amide bonds. The predicted octanol–water partition coefficient (Wildman–Crippen LogP) is 0.119. The van der Waals surface area contributed by atoms with Crippen LogP contribution in [-0.2, 0) is 4.79 Å². The summed E-state index contributed by atoms with van der Waals surface area (Å²) >= 11 is 0. The van der Waals surface area contributed by atoms with Gasteiger partial charge in [-0.3, -0.25) is 4.79 Å². The lowest BCUT2D eigenvalue weighted by Crippen LogP contribution is -2.48. The van der Waals surface area contributed by atoms with Gasteiger partial charge in [-0.25, -0.2) is 0 Å². The van der Waals surface area contributed by atoms with Crippen LogP contribution in [0.15, 0.2) is 0 Å². The molecule has 0 spiro atoms. The molecule has 0 aromatic carbocycles. The molecular weight excluding hydrogens is 192 g/mol. The van der Waals surface area contributed by atoms with Gasteiger partial charge >= 0.3 is 0 Å². The van der Waals surface area contributed by atoms with E-state index in [1.807, 2.05) is 20.8 Å². The molecule has 1 aliphatic heterocycles. The number of hydrogen-bond donors (Lipinski definition) is 3. The molecule has 1 aliphatic rings. The zero-order valence-electron chi connectivity index (χ0n) is 9.84. The summed E-state index contributed by atoms with van der Waals surface area (Å²) in [6.45, 7) is 7.60. The molecule has 88 valence electrons. The van der Waals surface area contributed by atoms with Crippen molar-refractivity contribution < 1.29 is 9.90 Å². The predicted molar refractivity (Wildman–Crippen MR) is 59.4 cm³/mol. The van der Waals surface area contributed by atoms with Crippen LogP contribution < -0.4 is 10.6 Å². The highest BCUT2D eigenvalue weighted by atomic mass is 16.3. The number of carbonyl (C=O) groups excluding carboxylic acids is 1. The molecule has 1 heterocycles. The minimum atomic E-state index is -0.303. The van der Waals surface area contributed by atoms with E-state index in [4.69, 9.17) is 5.11 Å². The average Bonchev–Trinajstić information content (AvgIpc) is 2.61. The first kappa shape index (κ1) is 12.5. The smallest absolute Gasteiger partial charge is 0.227 e. The van der Waals surface area contributed by atoms with E-state index in [1.165, 1.54) is 0 Å². The van der Waals surface area contributed by atoms with Crippen LogP contribution in [0.2, 0.25) is 0 Å². The molecule has 1 saturated heterocycles. The van der Waals surface area contributed by atoms with E-state index in [1.54, 1.807) is 0 Å². The van der Waals surface area contributed by atoms with Crippen LogP contribution >= 0.6 is 0 Å². The molecule has 3 N–H and O–H groups in total. The van der Waals surface area contributed by atoms with Gasteiger partial charge in [0.15, 0.2) is 0 Å². The quantitative estimate of drug-likeness (QED) is 0.623. The molecule has 2 unspecified atom stereocenters. The Bertz CT molecular complexity index is 223. The summed E-state index contributed by atoms with van der Waals surface area (Å²) in [6, 6.07) is -0.130. The van der Waals surface area contributed by atoms with Crippen LogP contribution in [0.4, 0.5) is 0 Å². The number of nitrogens with one attached hydrogen (secondary N) is 2. The highest BCUT2D eigenvalue weighted by molar-refractivity contribution is 5.83. The Morgan fingerprint density at radius 3 is 2.67 bits per heavy atom. The second-order valence-corrected chi connectivity index (χ2v) is 4.99. The Morgan fingerprint density at radius 2 is 2.27 bits per heavy atom.